The molecule has 0 fully saturated rings. The Labute approximate surface area is 154 Å². The minimum Gasteiger partial charge on any atom is -0.368 e. The van der Waals surface area contributed by atoms with E-state index < -0.39 is 0 Å². The number of benzene rings is 1. The summed E-state index contributed by atoms with van der Waals surface area (Å²) in [4.78, 5) is 21.7. The fourth-order valence-electron chi connectivity index (χ4n) is 2.67. The number of nitrogens with two attached hydrogens (primary N) is 1. The number of nitrogens with one attached hydrogen (secondary N) is 1. The van der Waals surface area contributed by atoms with Crippen molar-refractivity contribution in [2.75, 3.05) is 11.1 Å². The Morgan fingerprint density at radius 3 is 2.81 bits per heavy atom. The van der Waals surface area contributed by atoms with E-state index in [2.05, 4.69) is 30.2 Å². The molecule has 0 saturated carbocycles. The standard InChI is InChI=1S/C17H15ClN8/c1-2-26-14(12-6-7-20-16(19)24-12)23-13-9-21-17(25-15(13)26)22-11-5-3-4-10(18)8-11/h3-9H,2H2,1H3,(H2,19,20,24)(H,21,22,25). The quantitative estimate of drug-likeness (QED) is 0.570. The highest BCUT2D eigenvalue weighted by Gasteiger charge is 2.15. The summed E-state index contributed by atoms with van der Waals surface area (Å²) in [6, 6.07) is 9.13. The van der Waals surface area contributed by atoms with Crippen LogP contribution in [0.15, 0.2) is 42.7 Å². The summed E-state index contributed by atoms with van der Waals surface area (Å²) in [5.74, 6) is 1.33. The minimum atomic E-state index is 0.201. The Hall–Kier alpha value is -3.26. The van der Waals surface area contributed by atoms with Gasteiger partial charge < -0.3 is 15.6 Å². The Balaban J connectivity index is 1.78. The van der Waals surface area contributed by atoms with Crippen molar-refractivity contribution in [1.29, 1.82) is 0 Å². The molecule has 0 radical (unpaired) electrons. The predicted octanol–water partition coefficient (Wildman–Crippen LogP) is 3.28. The third-order valence-electron chi connectivity index (χ3n) is 3.79. The predicted molar refractivity (Wildman–Crippen MR) is 101 cm³/mol. The second kappa shape index (κ2) is 6.57. The van der Waals surface area contributed by atoms with Crippen LogP contribution in [0.4, 0.5) is 17.6 Å². The van der Waals surface area contributed by atoms with Gasteiger partial charge in [0.1, 0.15) is 11.2 Å². The number of hydrogen-bond acceptors (Lipinski definition) is 7. The number of rotatable bonds is 4. The molecule has 0 unspecified atom stereocenters. The summed E-state index contributed by atoms with van der Waals surface area (Å²) in [5, 5.41) is 3.79. The molecular weight excluding hydrogens is 352 g/mol. The van der Waals surface area contributed by atoms with Gasteiger partial charge in [0, 0.05) is 23.5 Å². The highest BCUT2D eigenvalue weighted by atomic mass is 35.5. The SMILES string of the molecule is CCn1c(-c2ccnc(N)n2)nc2cnc(Nc3cccc(Cl)c3)nc21. The summed E-state index contributed by atoms with van der Waals surface area (Å²) in [7, 11) is 0. The van der Waals surface area contributed by atoms with Gasteiger partial charge in [-0.2, -0.15) is 4.98 Å². The molecule has 0 bridgehead atoms. The van der Waals surface area contributed by atoms with Crippen LogP contribution in [-0.2, 0) is 6.54 Å². The van der Waals surface area contributed by atoms with Crippen LogP contribution in [0.5, 0.6) is 0 Å². The lowest BCUT2D eigenvalue weighted by Gasteiger charge is -2.07. The van der Waals surface area contributed by atoms with Crippen molar-refractivity contribution in [1.82, 2.24) is 29.5 Å². The molecular formula is C17H15ClN8. The smallest absolute Gasteiger partial charge is 0.229 e. The first kappa shape index (κ1) is 16.2. The van der Waals surface area contributed by atoms with Crippen molar-refractivity contribution in [2.24, 2.45) is 0 Å². The molecule has 4 rings (SSSR count). The number of fused-ring (bicyclic) bond motifs is 1. The molecule has 0 saturated heterocycles. The molecule has 0 atom stereocenters. The van der Waals surface area contributed by atoms with Gasteiger partial charge in [0.15, 0.2) is 11.5 Å². The molecule has 0 spiro atoms. The van der Waals surface area contributed by atoms with E-state index >= 15 is 0 Å². The van der Waals surface area contributed by atoms with Gasteiger partial charge in [0.25, 0.3) is 0 Å². The summed E-state index contributed by atoms with van der Waals surface area (Å²) in [5.41, 5.74) is 8.53. The van der Waals surface area contributed by atoms with E-state index in [9.17, 15) is 0 Å². The number of aromatic nitrogens is 6. The van der Waals surface area contributed by atoms with Gasteiger partial charge in [-0.15, -0.1) is 0 Å². The van der Waals surface area contributed by atoms with Gasteiger partial charge in [-0.1, -0.05) is 17.7 Å². The Morgan fingerprint density at radius 2 is 2.04 bits per heavy atom. The second-order valence-corrected chi connectivity index (χ2v) is 5.95. The van der Waals surface area contributed by atoms with Crippen LogP contribution in [0.1, 0.15) is 6.92 Å². The first-order valence-corrected chi connectivity index (χ1v) is 8.36. The van der Waals surface area contributed by atoms with E-state index in [1.54, 1.807) is 24.5 Å². The zero-order chi connectivity index (χ0) is 18.1. The van der Waals surface area contributed by atoms with E-state index in [4.69, 9.17) is 17.3 Å². The van der Waals surface area contributed by atoms with Crippen molar-refractivity contribution < 1.29 is 0 Å². The largest absolute Gasteiger partial charge is 0.368 e. The summed E-state index contributed by atoms with van der Waals surface area (Å²) >= 11 is 6.02. The summed E-state index contributed by atoms with van der Waals surface area (Å²) in [6.07, 6.45) is 3.28. The molecule has 0 aliphatic heterocycles. The Morgan fingerprint density at radius 1 is 1.15 bits per heavy atom. The zero-order valence-corrected chi connectivity index (χ0v) is 14.6. The maximum absolute atomic E-state index is 6.02. The maximum Gasteiger partial charge on any atom is 0.229 e. The van der Waals surface area contributed by atoms with E-state index in [0.29, 0.717) is 40.2 Å². The number of anilines is 3. The van der Waals surface area contributed by atoms with Crippen LogP contribution in [0.25, 0.3) is 22.7 Å². The molecule has 3 N–H and O–H groups in total. The second-order valence-electron chi connectivity index (χ2n) is 5.52. The average Bonchev–Trinajstić information content (AvgIpc) is 2.99. The number of nitrogen functional groups attached to an aromatic ring is 1. The van der Waals surface area contributed by atoms with Gasteiger partial charge in [-0.3, -0.25) is 0 Å². The van der Waals surface area contributed by atoms with E-state index in [-0.39, 0.29) is 5.95 Å². The maximum atomic E-state index is 6.02. The number of halogens is 1. The Bertz CT molecular complexity index is 1090. The molecule has 0 aliphatic carbocycles. The molecule has 4 aromatic rings. The topological polar surface area (TPSA) is 107 Å². The van der Waals surface area contributed by atoms with Crippen LogP contribution >= 0.6 is 11.6 Å². The third kappa shape index (κ3) is 3.02. The van der Waals surface area contributed by atoms with Crippen LogP contribution in [-0.4, -0.2) is 29.5 Å². The summed E-state index contributed by atoms with van der Waals surface area (Å²) in [6.45, 7) is 2.69. The van der Waals surface area contributed by atoms with Gasteiger partial charge >= 0.3 is 0 Å². The Kier molecular flexibility index (Phi) is 4.10. The summed E-state index contributed by atoms with van der Waals surface area (Å²) < 4.78 is 1.96. The van der Waals surface area contributed by atoms with Crippen molar-refractivity contribution in [3.8, 4) is 11.5 Å². The van der Waals surface area contributed by atoms with Crippen LogP contribution in [0.3, 0.4) is 0 Å². The van der Waals surface area contributed by atoms with Gasteiger partial charge in [0.2, 0.25) is 11.9 Å². The van der Waals surface area contributed by atoms with E-state index in [0.717, 1.165) is 5.69 Å². The van der Waals surface area contributed by atoms with Crippen molar-refractivity contribution in [3.05, 3.63) is 47.7 Å². The number of aryl methyl sites for hydroxylation is 1. The fourth-order valence-corrected chi connectivity index (χ4v) is 2.86. The molecule has 8 nitrogen and oxygen atoms in total. The van der Waals surface area contributed by atoms with Crippen LogP contribution < -0.4 is 11.1 Å². The van der Waals surface area contributed by atoms with E-state index in [1.165, 1.54) is 0 Å². The lowest BCUT2D eigenvalue weighted by atomic mass is 10.3. The third-order valence-corrected chi connectivity index (χ3v) is 4.02. The van der Waals surface area contributed by atoms with Crippen LogP contribution in [0.2, 0.25) is 5.02 Å². The normalized spacial score (nSPS) is 11.0. The first-order chi connectivity index (χ1) is 12.6. The monoisotopic (exact) mass is 366 g/mol. The van der Waals surface area contributed by atoms with Gasteiger partial charge in [-0.25, -0.2) is 19.9 Å². The number of nitrogens with zero attached hydrogens (tertiary/aromatic N) is 6. The van der Waals surface area contributed by atoms with Crippen LogP contribution in [0, 0.1) is 0 Å². The average molecular weight is 367 g/mol. The van der Waals surface area contributed by atoms with E-state index in [1.807, 2.05) is 29.7 Å². The van der Waals surface area contributed by atoms with Crippen molar-refractivity contribution >= 4 is 40.3 Å². The first-order valence-electron chi connectivity index (χ1n) is 7.99. The molecule has 3 heterocycles. The van der Waals surface area contributed by atoms with Crippen molar-refractivity contribution in [3.63, 3.8) is 0 Å². The lowest BCUT2D eigenvalue weighted by molar-refractivity contribution is 0.783. The molecule has 26 heavy (non-hydrogen) atoms. The van der Waals surface area contributed by atoms with Gasteiger partial charge in [0.05, 0.1) is 6.20 Å². The van der Waals surface area contributed by atoms with Crippen molar-refractivity contribution in [2.45, 2.75) is 13.5 Å². The molecule has 0 aliphatic rings. The fraction of sp³-hybridized carbons (Fsp3) is 0.118. The molecule has 1 aromatic carbocycles. The lowest BCUT2D eigenvalue weighted by Crippen LogP contribution is -2.03. The molecule has 130 valence electrons. The highest BCUT2D eigenvalue weighted by Crippen LogP contribution is 2.24. The zero-order valence-electron chi connectivity index (χ0n) is 13.9. The van der Waals surface area contributed by atoms with Gasteiger partial charge in [-0.05, 0) is 31.2 Å². The molecule has 9 heteroatoms. The molecule has 0 amide bonds. The number of hydrogen-bond donors (Lipinski definition) is 2. The highest BCUT2D eigenvalue weighted by molar-refractivity contribution is 6.30. The number of imidazole rings is 1. The molecule has 3 aromatic heterocycles. The minimum absolute atomic E-state index is 0.201.